The van der Waals surface area contributed by atoms with Crippen LogP contribution in [0.25, 0.3) is 6.08 Å². The van der Waals surface area contributed by atoms with Gasteiger partial charge < -0.3 is 14.8 Å². The quantitative estimate of drug-likeness (QED) is 0.561. The highest BCUT2D eigenvalue weighted by molar-refractivity contribution is 7.80. The molecular weight excluding hydrogens is 396 g/mol. The Morgan fingerprint density at radius 2 is 1.96 bits per heavy atom. The zero-order valence-electron chi connectivity index (χ0n) is 15.9. The lowest BCUT2D eigenvalue weighted by Crippen LogP contribution is -2.30. The normalized spacial score (nSPS) is 15.1. The number of rotatable bonds is 6. The summed E-state index contributed by atoms with van der Waals surface area (Å²) >= 11 is 11.2. The topological polar surface area (TPSA) is 50.8 Å². The molecule has 0 bridgehead atoms. The summed E-state index contributed by atoms with van der Waals surface area (Å²) in [5.74, 6) is 1.34. The van der Waals surface area contributed by atoms with E-state index < -0.39 is 0 Å². The van der Waals surface area contributed by atoms with Gasteiger partial charge in [0.1, 0.15) is 23.8 Å². The molecule has 0 aromatic heterocycles. The van der Waals surface area contributed by atoms with Crippen molar-refractivity contribution in [3.63, 3.8) is 0 Å². The average Bonchev–Trinajstić information content (AvgIpc) is 2.93. The van der Waals surface area contributed by atoms with Crippen molar-refractivity contribution in [1.82, 2.24) is 10.2 Å². The first kappa shape index (κ1) is 20.2. The Morgan fingerprint density at radius 3 is 2.61 bits per heavy atom. The second-order valence-corrected chi connectivity index (χ2v) is 7.13. The number of likely N-dealkylation sites (N-methyl/N-ethyl adjacent to an activating group) is 1. The number of ether oxygens (including phenoxy) is 2. The number of amides is 1. The zero-order chi connectivity index (χ0) is 20.3. The second-order valence-electron chi connectivity index (χ2n) is 6.31. The number of nitrogens with one attached hydrogen (secondary N) is 1. The minimum absolute atomic E-state index is 0.127. The summed E-state index contributed by atoms with van der Waals surface area (Å²) in [6, 6.07) is 11.2. The maximum atomic E-state index is 12.4. The molecule has 1 aliphatic rings. The Bertz CT molecular complexity index is 959. The number of benzene rings is 2. The number of carbonyl (C=O) groups excluding carboxylic acids is 1. The Balaban J connectivity index is 1.83. The summed E-state index contributed by atoms with van der Waals surface area (Å²) in [5.41, 5.74) is 3.13. The number of thiocarbonyl (C=S) groups is 1. The molecule has 28 heavy (non-hydrogen) atoms. The van der Waals surface area contributed by atoms with Gasteiger partial charge in [0.25, 0.3) is 5.91 Å². The van der Waals surface area contributed by atoms with Gasteiger partial charge >= 0.3 is 0 Å². The summed E-state index contributed by atoms with van der Waals surface area (Å²) in [6.45, 7) is 4.68. The first-order valence-corrected chi connectivity index (χ1v) is 9.62. The van der Waals surface area contributed by atoms with E-state index in [-0.39, 0.29) is 5.91 Å². The molecule has 0 spiro atoms. The molecule has 0 unspecified atom stereocenters. The van der Waals surface area contributed by atoms with Gasteiger partial charge in [0.15, 0.2) is 5.11 Å². The van der Waals surface area contributed by atoms with E-state index in [1.807, 2.05) is 44.2 Å². The van der Waals surface area contributed by atoms with Crippen LogP contribution < -0.4 is 14.8 Å². The van der Waals surface area contributed by atoms with E-state index in [9.17, 15) is 4.79 Å². The van der Waals surface area contributed by atoms with Crippen molar-refractivity contribution in [3.8, 4) is 11.5 Å². The maximum Gasteiger partial charge on any atom is 0.276 e. The van der Waals surface area contributed by atoms with Crippen LogP contribution >= 0.6 is 23.8 Å². The van der Waals surface area contributed by atoms with Crippen molar-refractivity contribution in [1.29, 1.82) is 0 Å². The summed E-state index contributed by atoms with van der Waals surface area (Å²) < 4.78 is 11.4. The molecule has 3 rings (SSSR count). The van der Waals surface area contributed by atoms with Crippen LogP contribution in [0.5, 0.6) is 11.5 Å². The van der Waals surface area contributed by atoms with Gasteiger partial charge in [0.05, 0.1) is 7.11 Å². The summed E-state index contributed by atoms with van der Waals surface area (Å²) in [5, 5.41) is 4.06. The van der Waals surface area contributed by atoms with Crippen LogP contribution in [0.4, 0.5) is 0 Å². The Hall–Kier alpha value is -2.57. The van der Waals surface area contributed by atoms with Gasteiger partial charge in [-0.2, -0.15) is 0 Å². The van der Waals surface area contributed by atoms with Crippen LogP contribution in [0.15, 0.2) is 42.1 Å². The lowest BCUT2D eigenvalue weighted by atomic mass is 10.1. The fourth-order valence-corrected chi connectivity index (χ4v) is 3.51. The monoisotopic (exact) mass is 416 g/mol. The molecule has 5 nitrogen and oxygen atoms in total. The third-order valence-electron chi connectivity index (χ3n) is 4.41. The van der Waals surface area contributed by atoms with Gasteiger partial charge in [-0.15, -0.1) is 0 Å². The number of nitrogens with zero attached hydrogens (tertiary/aromatic N) is 1. The first-order valence-electron chi connectivity index (χ1n) is 8.83. The highest BCUT2D eigenvalue weighted by atomic mass is 35.5. The molecule has 7 heteroatoms. The molecule has 0 radical (unpaired) electrons. The summed E-state index contributed by atoms with van der Waals surface area (Å²) in [6.07, 6.45) is 1.78. The van der Waals surface area contributed by atoms with Gasteiger partial charge in [-0.05, 0) is 73.6 Å². The predicted molar refractivity (Wildman–Crippen MR) is 115 cm³/mol. The minimum atomic E-state index is -0.127. The first-order chi connectivity index (χ1) is 13.4. The van der Waals surface area contributed by atoms with Gasteiger partial charge in [-0.3, -0.25) is 9.69 Å². The third-order valence-corrected chi connectivity index (χ3v) is 4.97. The van der Waals surface area contributed by atoms with Crippen molar-refractivity contribution in [2.75, 3.05) is 13.7 Å². The number of halogens is 1. The molecule has 1 aliphatic heterocycles. The molecule has 1 N–H and O–H groups in total. The highest BCUT2D eigenvalue weighted by Gasteiger charge is 2.29. The van der Waals surface area contributed by atoms with E-state index in [1.54, 1.807) is 19.3 Å². The van der Waals surface area contributed by atoms with Crippen LogP contribution in [-0.4, -0.2) is 29.6 Å². The predicted octanol–water partition coefficient (Wildman–Crippen LogP) is 4.31. The van der Waals surface area contributed by atoms with Crippen LogP contribution in [0.1, 0.15) is 23.6 Å². The Kier molecular flexibility index (Phi) is 6.21. The van der Waals surface area contributed by atoms with Gasteiger partial charge in [-0.25, -0.2) is 0 Å². The van der Waals surface area contributed by atoms with E-state index in [1.165, 1.54) is 4.90 Å². The number of methoxy groups -OCH3 is 1. The summed E-state index contributed by atoms with van der Waals surface area (Å²) in [7, 11) is 1.62. The van der Waals surface area contributed by atoms with E-state index in [0.29, 0.717) is 34.7 Å². The Labute approximate surface area is 174 Å². The van der Waals surface area contributed by atoms with Gasteiger partial charge in [-0.1, -0.05) is 17.7 Å². The average molecular weight is 417 g/mol. The molecule has 0 aliphatic carbocycles. The van der Waals surface area contributed by atoms with Gasteiger partial charge in [0.2, 0.25) is 0 Å². The molecule has 1 heterocycles. The van der Waals surface area contributed by atoms with Crippen molar-refractivity contribution in [3.05, 3.63) is 63.8 Å². The molecule has 2 aromatic rings. The SMILES string of the molecule is CCN1C(=O)/C(=C\c2ccc(OC)c(COc3ccc(Cl)cc3C)c2)NC1=S. The number of hydrogen-bond donors (Lipinski definition) is 1. The lowest BCUT2D eigenvalue weighted by molar-refractivity contribution is -0.122. The number of carbonyl (C=O) groups is 1. The largest absolute Gasteiger partial charge is 0.496 e. The molecular formula is C21H21ClN2O3S. The fourth-order valence-electron chi connectivity index (χ4n) is 2.96. The Morgan fingerprint density at radius 1 is 1.21 bits per heavy atom. The maximum absolute atomic E-state index is 12.4. The fraction of sp³-hybridized carbons (Fsp3) is 0.238. The molecule has 146 valence electrons. The van der Waals surface area contributed by atoms with Gasteiger partial charge in [0, 0.05) is 17.1 Å². The standard InChI is InChI=1S/C21H21ClN2O3S/c1-4-24-20(25)17(23-21(24)28)11-14-5-7-19(26-3)15(10-14)12-27-18-8-6-16(22)9-13(18)2/h5-11H,4,12H2,1-3H3,(H,23,28)/b17-11+. The molecule has 1 amide bonds. The molecule has 1 fully saturated rings. The molecule has 2 aromatic carbocycles. The van der Waals surface area contributed by atoms with Crippen molar-refractivity contribution in [2.24, 2.45) is 0 Å². The number of hydrogen-bond acceptors (Lipinski definition) is 4. The van der Waals surface area contributed by atoms with Crippen molar-refractivity contribution in [2.45, 2.75) is 20.5 Å². The smallest absolute Gasteiger partial charge is 0.276 e. The van der Waals surface area contributed by atoms with E-state index in [2.05, 4.69) is 5.32 Å². The van der Waals surface area contributed by atoms with Crippen LogP contribution in [-0.2, 0) is 11.4 Å². The van der Waals surface area contributed by atoms with Crippen molar-refractivity contribution >= 4 is 40.9 Å². The zero-order valence-corrected chi connectivity index (χ0v) is 17.5. The van der Waals surface area contributed by atoms with Crippen LogP contribution in [0.2, 0.25) is 5.02 Å². The van der Waals surface area contributed by atoms with E-state index in [0.717, 1.165) is 22.4 Å². The van der Waals surface area contributed by atoms with Crippen molar-refractivity contribution < 1.29 is 14.3 Å². The summed E-state index contributed by atoms with van der Waals surface area (Å²) in [4.78, 5) is 13.9. The minimum Gasteiger partial charge on any atom is -0.496 e. The lowest BCUT2D eigenvalue weighted by Gasteiger charge is -2.13. The van der Waals surface area contributed by atoms with Crippen LogP contribution in [0.3, 0.4) is 0 Å². The van der Waals surface area contributed by atoms with Crippen LogP contribution in [0, 0.1) is 6.92 Å². The molecule has 1 saturated heterocycles. The number of aryl methyl sites for hydroxylation is 1. The second kappa shape index (κ2) is 8.63. The third kappa shape index (κ3) is 4.29. The highest BCUT2D eigenvalue weighted by Crippen LogP contribution is 2.26. The molecule has 0 atom stereocenters. The molecule has 0 saturated carbocycles. The van der Waals surface area contributed by atoms with E-state index in [4.69, 9.17) is 33.3 Å². The van der Waals surface area contributed by atoms with E-state index >= 15 is 0 Å².